The molecule has 4 aromatic rings. The number of fused-ring (bicyclic) bond motifs is 1. The highest BCUT2D eigenvalue weighted by atomic mass is 16.4. The summed E-state index contributed by atoms with van der Waals surface area (Å²) in [4.78, 5) is 41.7. The first-order chi connectivity index (χ1) is 20.5. The standard InChI is InChI=1S/C34H37N5O4/c1-34(2,33(43)37-25-14-9-21(10-15-25)11-18-29(40)41)38-32(42)23-12-16-26-27(19-23)39(3)31(24-13-17-28(35)36-20-24)30(26)22-7-5-4-6-8-22/h9-20,22H,4-8H2,1-3H3,(H2,35,36)(H,37,43)(H,38,42)(H,40,41)/b18-11+. The van der Waals surface area contributed by atoms with Gasteiger partial charge in [0.15, 0.2) is 0 Å². The van der Waals surface area contributed by atoms with Crippen molar-refractivity contribution in [3.8, 4) is 11.3 Å². The van der Waals surface area contributed by atoms with E-state index in [0.29, 0.717) is 28.6 Å². The lowest BCUT2D eigenvalue weighted by Gasteiger charge is -2.25. The van der Waals surface area contributed by atoms with E-state index in [-0.39, 0.29) is 11.8 Å². The summed E-state index contributed by atoms with van der Waals surface area (Å²) in [6.45, 7) is 3.30. The highest BCUT2D eigenvalue weighted by Crippen LogP contribution is 2.43. The molecule has 5 N–H and O–H groups in total. The number of nitrogen functional groups attached to an aromatic ring is 1. The van der Waals surface area contributed by atoms with Crippen molar-refractivity contribution in [2.45, 2.75) is 57.4 Å². The summed E-state index contributed by atoms with van der Waals surface area (Å²) < 4.78 is 2.14. The average molecular weight is 580 g/mol. The summed E-state index contributed by atoms with van der Waals surface area (Å²) in [5.41, 5.74) is 10.7. The van der Waals surface area contributed by atoms with Crippen LogP contribution in [0.25, 0.3) is 28.2 Å². The van der Waals surface area contributed by atoms with Gasteiger partial charge in [-0.25, -0.2) is 9.78 Å². The van der Waals surface area contributed by atoms with Crippen LogP contribution in [0.3, 0.4) is 0 Å². The molecule has 0 spiro atoms. The number of carbonyl (C=O) groups excluding carboxylic acids is 2. The lowest BCUT2D eigenvalue weighted by Crippen LogP contribution is -2.52. The van der Waals surface area contributed by atoms with Gasteiger partial charge in [0.2, 0.25) is 5.91 Å². The number of pyridine rings is 1. The Morgan fingerprint density at radius 2 is 1.74 bits per heavy atom. The number of anilines is 2. The van der Waals surface area contributed by atoms with Gasteiger partial charge < -0.3 is 26.0 Å². The molecule has 0 aliphatic heterocycles. The minimum atomic E-state index is -1.21. The molecular weight excluding hydrogens is 542 g/mol. The van der Waals surface area contributed by atoms with E-state index in [1.54, 1.807) is 38.1 Å². The minimum absolute atomic E-state index is 0.354. The molecule has 0 unspecified atom stereocenters. The van der Waals surface area contributed by atoms with Crippen LogP contribution in [0.4, 0.5) is 11.5 Å². The van der Waals surface area contributed by atoms with Crippen LogP contribution in [0.15, 0.2) is 66.9 Å². The van der Waals surface area contributed by atoms with Gasteiger partial charge in [-0.05, 0) is 86.2 Å². The van der Waals surface area contributed by atoms with Gasteiger partial charge >= 0.3 is 5.97 Å². The molecule has 2 aromatic heterocycles. The molecule has 222 valence electrons. The SMILES string of the molecule is Cn1c(-c2ccc(N)nc2)c(C2CCCCC2)c2ccc(C(=O)NC(C)(C)C(=O)Nc3ccc(/C=C/C(=O)O)cc3)cc21. The van der Waals surface area contributed by atoms with E-state index in [0.717, 1.165) is 41.1 Å². The highest BCUT2D eigenvalue weighted by Gasteiger charge is 2.31. The van der Waals surface area contributed by atoms with Crippen LogP contribution in [0, 0.1) is 0 Å². The second-order valence-electron chi connectivity index (χ2n) is 11.7. The largest absolute Gasteiger partial charge is 0.478 e. The molecule has 5 rings (SSSR count). The number of rotatable bonds is 8. The third-order valence-corrected chi connectivity index (χ3v) is 8.16. The molecule has 0 radical (unpaired) electrons. The molecular formula is C34H37N5O4. The first-order valence-corrected chi connectivity index (χ1v) is 14.5. The maximum Gasteiger partial charge on any atom is 0.328 e. The average Bonchev–Trinajstić information content (AvgIpc) is 3.28. The van der Waals surface area contributed by atoms with Crippen LogP contribution in [-0.4, -0.2) is 38.0 Å². The van der Waals surface area contributed by atoms with Crippen molar-refractivity contribution in [1.29, 1.82) is 0 Å². The minimum Gasteiger partial charge on any atom is -0.478 e. The van der Waals surface area contributed by atoms with E-state index in [1.807, 2.05) is 43.6 Å². The van der Waals surface area contributed by atoms with Gasteiger partial charge in [-0.15, -0.1) is 0 Å². The van der Waals surface area contributed by atoms with Gasteiger partial charge in [0.05, 0.1) is 5.69 Å². The van der Waals surface area contributed by atoms with Crippen molar-refractivity contribution >= 4 is 46.3 Å². The molecule has 2 heterocycles. The van der Waals surface area contributed by atoms with Crippen LogP contribution in [0.1, 0.15) is 73.4 Å². The summed E-state index contributed by atoms with van der Waals surface area (Å²) in [6, 6.07) is 16.3. The normalized spacial score (nSPS) is 14.2. The number of aromatic nitrogens is 2. The maximum absolute atomic E-state index is 13.5. The van der Waals surface area contributed by atoms with Crippen LogP contribution in [0.2, 0.25) is 0 Å². The Labute approximate surface area is 250 Å². The third-order valence-electron chi connectivity index (χ3n) is 8.16. The number of nitrogens with two attached hydrogens (primary N) is 1. The molecule has 9 heteroatoms. The van der Waals surface area contributed by atoms with E-state index in [4.69, 9.17) is 10.8 Å². The molecule has 43 heavy (non-hydrogen) atoms. The van der Waals surface area contributed by atoms with Crippen LogP contribution < -0.4 is 16.4 Å². The maximum atomic E-state index is 13.5. The lowest BCUT2D eigenvalue weighted by molar-refractivity contribution is -0.131. The Balaban J connectivity index is 1.39. The van der Waals surface area contributed by atoms with Gasteiger partial charge in [-0.3, -0.25) is 9.59 Å². The van der Waals surface area contributed by atoms with Gasteiger partial charge in [-0.1, -0.05) is 37.5 Å². The quantitative estimate of drug-likeness (QED) is 0.186. The third kappa shape index (κ3) is 6.45. The van der Waals surface area contributed by atoms with Gasteiger partial charge in [0, 0.05) is 47.0 Å². The fourth-order valence-electron chi connectivity index (χ4n) is 5.85. The zero-order chi connectivity index (χ0) is 30.7. The molecule has 0 bridgehead atoms. The predicted molar refractivity (Wildman–Crippen MR) is 170 cm³/mol. The second-order valence-corrected chi connectivity index (χ2v) is 11.7. The fraction of sp³-hybridized carbons (Fsp3) is 0.294. The number of nitrogens with zero attached hydrogens (tertiary/aromatic N) is 2. The zero-order valence-corrected chi connectivity index (χ0v) is 24.7. The van der Waals surface area contributed by atoms with E-state index in [9.17, 15) is 14.4 Å². The van der Waals surface area contributed by atoms with Crippen molar-refractivity contribution in [3.63, 3.8) is 0 Å². The second kappa shape index (κ2) is 12.1. The molecule has 1 saturated carbocycles. The van der Waals surface area contributed by atoms with Gasteiger partial charge in [0.25, 0.3) is 5.91 Å². The van der Waals surface area contributed by atoms with Crippen molar-refractivity contribution in [2.75, 3.05) is 11.1 Å². The smallest absolute Gasteiger partial charge is 0.328 e. The zero-order valence-electron chi connectivity index (χ0n) is 24.7. The van der Waals surface area contributed by atoms with E-state index < -0.39 is 11.5 Å². The van der Waals surface area contributed by atoms with Crippen LogP contribution in [-0.2, 0) is 16.6 Å². The molecule has 9 nitrogen and oxygen atoms in total. The number of aliphatic carboxylic acids is 1. The monoisotopic (exact) mass is 579 g/mol. The molecule has 2 amide bonds. The number of hydrogen-bond donors (Lipinski definition) is 4. The van der Waals surface area contributed by atoms with E-state index in [2.05, 4.69) is 20.2 Å². The number of nitrogens with one attached hydrogen (secondary N) is 2. The van der Waals surface area contributed by atoms with Gasteiger partial charge in [-0.2, -0.15) is 0 Å². The van der Waals surface area contributed by atoms with Crippen LogP contribution >= 0.6 is 0 Å². The van der Waals surface area contributed by atoms with Crippen LogP contribution in [0.5, 0.6) is 0 Å². The van der Waals surface area contributed by atoms with Crippen molar-refractivity contribution in [1.82, 2.24) is 14.9 Å². The molecule has 0 saturated heterocycles. The van der Waals surface area contributed by atoms with Crippen molar-refractivity contribution in [2.24, 2.45) is 7.05 Å². The molecule has 1 aliphatic rings. The summed E-state index contributed by atoms with van der Waals surface area (Å²) in [5, 5.41) is 15.6. The Kier molecular flexibility index (Phi) is 8.34. The Morgan fingerprint density at radius 3 is 2.40 bits per heavy atom. The highest BCUT2D eigenvalue weighted by molar-refractivity contribution is 6.05. The first-order valence-electron chi connectivity index (χ1n) is 14.5. The summed E-state index contributed by atoms with van der Waals surface area (Å²) in [6.07, 6.45) is 10.2. The first kappa shape index (κ1) is 29.6. The van der Waals surface area contributed by atoms with E-state index >= 15 is 0 Å². The fourth-order valence-corrected chi connectivity index (χ4v) is 5.85. The topological polar surface area (TPSA) is 139 Å². The Morgan fingerprint density at radius 1 is 1.02 bits per heavy atom. The summed E-state index contributed by atoms with van der Waals surface area (Å²) in [5.74, 6) is -0.878. The summed E-state index contributed by atoms with van der Waals surface area (Å²) >= 11 is 0. The van der Waals surface area contributed by atoms with E-state index in [1.165, 1.54) is 30.9 Å². The number of amides is 2. The Bertz CT molecular complexity index is 1700. The van der Waals surface area contributed by atoms with Crippen molar-refractivity contribution in [3.05, 3.63) is 83.6 Å². The number of aryl methyl sites for hydroxylation is 1. The lowest BCUT2D eigenvalue weighted by atomic mass is 9.82. The molecule has 1 aliphatic carbocycles. The molecule has 1 fully saturated rings. The number of benzene rings is 2. The number of carboxylic acid groups (broad SMARTS) is 1. The Hall–Kier alpha value is -4.92. The predicted octanol–water partition coefficient (Wildman–Crippen LogP) is 6.12. The number of carbonyl (C=O) groups is 3. The van der Waals surface area contributed by atoms with Crippen molar-refractivity contribution < 1.29 is 19.5 Å². The number of carboxylic acids is 1. The molecule has 0 atom stereocenters. The summed E-state index contributed by atoms with van der Waals surface area (Å²) in [7, 11) is 2.02. The van der Waals surface area contributed by atoms with Gasteiger partial charge in [0.1, 0.15) is 11.4 Å². The number of hydrogen-bond acceptors (Lipinski definition) is 5. The molecule has 2 aromatic carbocycles.